The van der Waals surface area contributed by atoms with Crippen molar-refractivity contribution >= 4 is 11.8 Å². The molecule has 0 heterocycles. The lowest BCUT2D eigenvalue weighted by atomic mass is 10.0. The molecule has 0 spiro atoms. The van der Waals surface area contributed by atoms with E-state index in [0.29, 0.717) is 24.3 Å². The minimum Gasteiger partial charge on any atom is -0.483 e. The number of ether oxygens (including phenoxy) is 1. The van der Waals surface area contributed by atoms with Crippen LogP contribution < -0.4 is 15.8 Å². The molecule has 0 bridgehead atoms. The number of likely N-dealkylation sites (N-methyl/N-ethyl adjacent to an activating group) is 1. The van der Waals surface area contributed by atoms with E-state index in [1.54, 1.807) is 26.2 Å². The van der Waals surface area contributed by atoms with Crippen molar-refractivity contribution in [2.75, 3.05) is 20.7 Å². The van der Waals surface area contributed by atoms with Gasteiger partial charge in [-0.1, -0.05) is 37.3 Å². The highest BCUT2D eigenvalue weighted by Gasteiger charge is 2.18. The minimum absolute atomic E-state index is 0.0467. The van der Waals surface area contributed by atoms with Crippen molar-refractivity contribution in [1.29, 1.82) is 0 Å². The van der Waals surface area contributed by atoms with Crippen LogP contribution in [0, 0.1) is 0 Å². The Labute approximate surface area is 160 Å². The fourth-order valence-electron chi connectivity index (χ4n) is 2.60. The average molecular weight is 369 g/mol. The third kappa shape index (κ3) is 5.56. The summed E-state index contributed by atoms with van der Waals surface area (Å²) in [6.07, 6.45) is 0.689. The van der Waals surface area contributed by atoms with Crippen molar-refractivity contribution in [3.8, 4) is 5.75 Å². The van der Waals surface area contributed by atoms with Crippen molar-refractivity contribution < 1.29 is 14.3 Å². The number of carbonyl (C=O) groups excluding carboxylic acids is 2. The second-order valence-electron chi connectivity index (χ2n) is 6.45. The number of hydrogen-bond acceptors (Lipinski definition) is 4. The molecule has 2 aromatic carbocycles. The van der Waals surface area contributed by atoms with Crippen LogP contribution in [-0.2, 0) is 11.3 Å². The summed E-state index contributed by atoms with van der Waals surface area (Å²) in [5.74, 6) is 0.310. The topological polar surface area (TPSA) is 84.7 Å². The number of rotatable bonds is 8. The maximum Gasteiger partial charge on any atom is 0.259 e. The summed E-state index contributed by atoms with van der Waals surface area (Å²) >= 11 is 0. The molecule has 0 aliphatic carbocycles. The predicted molar refractivity (Wildman–Crippen MR) is 105 cm³/mol. The third-order valence-corrected chi connectivity index (χ3v) is 4.31. The SMILES string of the molecule is CCC(NC(=O)c1ccc(CN)cc1)c1ccccc1OCC(=O)N(C)C. The van der Waals surface area contributed by atoms with Crippen molar-refractivity contribution in [1.82, 2.24) is 10.2 Å². The molecule has 0 saturated heterocycles. The zero-order valence-corrected chi connectivity index (χ0v) is 16.1. The van der Waals surface area contributed by atoms with Crippen LogP contribution in [-0.4, -0.2) is 37.4 Å². The van der Waals surface area contributed by atoms with Gasteiger partial charge in [-0.25, -0.2) is 0 Å². The first-order valence-corrected chi connectivity index (χ1v) is 8.98. The van der Waals surface area contributed by atoms with Gasteiger partial charge in [0, 0.05) is 31.8 Å². The summed E-state index contributed by atoms with van der Waals surface area (Å²) < 4.78 is 5.70. The maximum absolute atomic E-state index is 12.6. The van der Waals surface area contributed by atoms with Gasteiger partial charge in [0.25, 0.3) is 11.8 Å². The monoisotopic (exact) mass is 369 g/mol. The lowest BCUT2D eigenvalue weighted by Crippen LogP contribution is -2.30. The van der Waals surface area contributed by atoms with E-state index >= 15 is 0 Å². The highest BCUT2D eigenvalue weighted by atomic mass is 16.5. The molecule has 2 amide bonds. The third-order valence-electron chi connectivity index (χ3n) is 4.31. The summed E-state index contributed by atoms with van der Waals surface area (Å²) in [6, 6.07) is 14.5. The van der Waals surface area contributed by atoms with E-state index in [0.717, 1.165) is 11.1 Å². The molecule has 0 radical (unpaired) electrons. The number of hydrogen-bond donors (Lipinski definition) is 2. The number of nitrogens with one attached hydrogen (secondary N) is 1. The number of benzene rings is 2. The largest absolute Gasteiger partial charge is 0.483 e. The predicted octanol–water partition coefficient (Wildman–Crippen LogP) is 2.49. The van der Waals surface area contributed by atoms with E-state index in [4.69, 9.17) is 10.5 Å². The van der Waals surface area contributed by atoms with Gasteiger partial charge in [0.05, 0.1) is 6.04 Å². The summed E-state index contributed by atoms with van der Waals surface area (Å²) in [7, 11) is 3.37. The second kappa shape index (κ2) is 9.73. The van der Waals surface area contributed by atoms with Gasteiger partial charge in [-0.2, -0.15) is 0 Å². The van der Waals surface area contributed by atoms with Crippen LogP contribution in [0.5, 0.6) is 5.75 Å². The molecule has 3 N–H and O–H groups in total. The van der Waals surface area contributed by atoms with Crippen LogP contribution in [0.4, 0.5) is 0 Å². The summed E-state index contributed by atoms with van der Waals surface area (Å²) in [4.78, 5) is 25.9. The van der Waals surface area contributed by atoms with Gasteiger partial charge in [-0.3, -0.25) is 9.59 Å². The van der Waals surface area contributed by atoms with Gasteiger partial charge in [0.15, 0.2) is 6.61 Å². The van der Waals surface area contributed by atoms with Gasteiger partial charge < -0.3 is 20.7 Å². The minimum atomic E-state index is -0.225. The lowest BCUT2D eigenvalue weighted by molar-refractivity contribution is -0.130. The molecule has 27 heavy (non-hydrogen) atoms. The standard InChI is InChI=1S/C21H27N3O3/c1-4-18(23-21(26)16-11-9-15(13-22)10-12-16)17-7-5-6-8-19(17)27-14-20(25)24(2)3/h5-12,18H,4,13-14,22H2,1-3H3,(H,23,26). The van der Waals surface area contributed by atoms with E-state index in [1.807, 2.05) is 43.3 Å². The van der Waals surface area contributed by atoms with Gasteiger partial charge in [0.2, 0.25) is 0 Å². The molecule has 0 aliphatic rings. The molecule has 0 fully saturated rings. The maximum atomic E-state index is 12.6. The number of nitrogens with two attached hydrogens (primary N) is 1. The Morgan fingerprint density at radius 1 is 1.11 bits per heavy atom. The van der Waals surface area contributed by atoms with E-state index in [1.165, 1.54) is 4.90 Å². The zero-order chi connectivity index (χ0) is 19.8. The Morgan fingerprint density at radius 3 is 2.37 bits per heavy atom. The molecule has 144 valence electrons. The second-order valence-corrected chi connectivity index (χ2v) is 6.45. The Balaban J connectivity index is 2.14. The molecular weight excluding hydrogens is 342 g/mol. The molecule has 6 heteroatoms. The highest BCUT2D eigenvalue weighted by Crippen LogP contribution is 2.27. The molecule has 1 unspecified atom stereocenters. The Kier molecular flexibility index (Phi) is 7.37. The smallest absolute Gasteiger partial charge is 0.259 e. The molecule has 0 aromatic heterocycles. The first kappa shape index (κ1) is 20.5. The molecule has 1 atom stereocenters. The van der Waals surface area contributed by atoms with E-state index < -0.39 is 0 Å². The fourth-order valence-corrected chi connectivity index (χ4v) is 2.60. The summed E-state index contributed by atoms with van der Waals surface area (Å²) in [5, 5.41) is 3.04. The number of para-hydroxylation sites is 1. The molecule has 2 aromatic rings. The van der Waals surface area contributed by atoms with Gasteiger partial charge in [-0.05, 0) is 30.2 Å². The molecule has 0 aliphatic heterocycles. The zero-order valence-electron chi connectivity index (χ0n) is 16.1. The molecular formula is C21H27N3O3. The number of carbonyl (C=O) groups is 2. The fraction of sp³-hybridized carbons (Fsp3) is 0.333. The van der Waals surface area contributed by atoms with Crippen molar-refractivity contribution in [3.05, 3.63) is 65.2 Å². The van der Waals surface area contributed by atoms with Gasteiger partial charge in [0.1, 0.15) is 5.75 Å². The first-order valence-electron chi connectivity index (χ1n) is 8.98. The quantitative estimate of drug-likeness (QED) is 0.749. The van der Waals surface area contributed by atoms with Crippen LogP contribution in [0.15, 0.2) is 48.5 Å². The highest BCUT2D eigenvalue weighted by molar-refractivity contribution is 5.94. The van der Waals surface area contributed by atoms with Crippen LogP contribution in [0.25, 0.3) is 0 Å². The Bertz CT molecular complexity index is 772. The Morgan fingerprint density at radius 2 is 1.78 bits per heavy atom. The number of amides is 2. The van der Waals surface area contributed by atoms with Gasteiger partial charge in [-0.15, -0.1) is 0 Å². The lowest BCUT2D eigenvalue weighted by Gasteiger charge is -2.21. The van der Waals surface area contributed by atoms with Crippen molar-refractivity contribution in [2.45, 2.75) is 25.9 Å². The first-order chi connectivity index (χ1) is 13.0. The van der Waals surface area contributed by atoms with Crippen LogP contribution >= 0.6 is 0 Å². The van der Waals surface area contributed by atoms with E-state index in [2.05, 4.69) is 5.32 Å². The summed E-state index contributed by atoms with van der Waals surface area (Å²) in [5.41, 5.74) is 7.99. The van der Waals surface area contributed by atoms with Crippen LogP contribution in [0.3, 0.4) is 0 Å². The van der Waals surface area contributed by atoms with Crippen LogP contribution in [0.2, 0.25) is 0 Å². The van der Waals surface area contributed by atoms with Gasteiger partial charge >= 0.3 is 0 Å². The molecule has 6 nitrogen and oxygen atoms in total. The number of nitrogens with zero attached hydrogens (tertiary/aromatic N) is 1. The molecule has 2 rings (SSSR count). The van der Waals surface area contributed by atoms with E-state index in [9.17, 15) is 9.59 Å². The summed E-state index contributed by atoms with van der Waals surface area (Å²) in [6.45, 7) is 2.38. The van der Waals surface area contributed by atoms with Crippen LogP contribution in [0.1, 0.15) is 40.9 Å². The van der Waals surface area contributed by atoms with Crippen molar-refractivity contribution in [2.24, 2.45) is 5.73 Å². The Hall–Kier alpha value is -2.86. The normalized spacial score (nSPS) is 11.6. The van der Waals surface area contributed by atoms with E-state index in [-0.39, 0.29) is 24.5 Å². The van der Waals surface area contributed by atoms with Crippen molar-refractivity contribution in [3.63, 3.8) is 0 Å². The average Bonchev–Trinajstić information content (AvgIpc) is 2.70. The molecule has 0 saturated carbocycles.